The first kappa shape index (κ1) is 10.7. The summed E-state index contributed by atoms with van der Waals surface area (Å²) < 4.78 is 4.92. The Hall–Kier alpha value is -1.85. The highest BCUT2D eigenvalue weighted by Gasteiger charge is 2.50. The topological polar surface area (TPSA) is 101 Å². The molecule has 86 valence electrons. The van der Waals surface area contributed by atoms with E-state index in [0.717, 1.165) is 0 Å². The summed E-state index contributed by atoms with van der Waals surface area (Å²) in [5.41, 5.74) is -0.649. The lowest BCUT2D eigenvalue weighted by Crippen LogP contribution is -2.45. The number of carboxylic acid groups (broad SMARTS) is 2. The highest BCUT2D eigenvalue weighted by molar-refractivity contribution is 5.84. The molecule has 0 bridgehead atoms. The molecule has 0 amide bonds. The van der Waals surface area contributed by atoms with Crippen molar-refractivity contribution in [3.63, 3.8) is 0 Å². The minimum Gasteiger partial charge on any atom is -0.481 e. The fourth-order valence-corrected chi connectivity index (χ4v) is 2.08. The fraction of sp³-hybridized carbons (Fsp3) is 0.500. The minimum atomic E-state index is -1.33. The molecule has 1 heterocycles. The zero-order chi connectivity index (χ0) is 11.9. The Morgan fingerprint density at radius 2 is 2.25 bits per heavy atom. The molecule has 2 N–H and O–H groups in total. The van der Waals surface area contributed by atoms with Crippen molar-refractivity contribution in [2.45, 2.75) is 19.8 Å². The molecule has 1 aliphatic rings. The van der Waals surface area contributed by atoms with Gasteiger partial charge in [-0.1, -0.05) is 5.16 Å². The van der Waals surface area contributed by atoms with E-state index in [1.807, 2.05) is 0 Å². The van der Waals surface area contributed by atoms with E-state index < -0.39 is 23.3 Å². The maximum absolute atomic E-state index is 11.2. The third-order valence-corrected chi connectivity index (χ3v) is 3.24. The highest BCUT2D eigenvalue weighted by Crippen LogP contribution is 2.40. The highest BCUT2D eigenvalue weighted by atomic mass is 16.5. The van der Waals surface area contributed by atoms with Gasteiger partial charge in [0.2, 0.25) is 0 Å². The van der Waals surface area contributed by atoms with Gasteiger partial charge in [0.25, 0.3) is 0 Å². The smallest absolute Gasteiger partial charge is 0.310 e. The van der Waals surface area contributed by atoms with Crippen molar-refractivity contribution < 1.29 is 24.3 Å². The van der Waals surface area contributed by atoms with E-state index in [1.54, 1.807) is 0 Å². The van der Waals surface area contributed by atoms with Gasteiger partial charge in [-0.05, 0) is 13.3 Å². The molecule has 0 unspecified atom stereocenters. The van der Waals surface area contributed by atoms with E-state index in [-0.39, 0.29) is 12.8 Å². The Balaban J connectivity index is 2.45. The van der Waals surface area contributed by atoms with Crippen LogP contribution in [0.3, 0.4) is 0 Å². The van der Waals surface area contributed by atoms with E-state index in [4.69, 9.17) is 14.7 Å². The van der Waals surface area contributed by atoms with E-state index in [0.29, 0.717) is 11.3 Å². The molecule has 2 atom stereocenters. The molecular weight excluding hydrogens is 214 g/mol. The maximum Gasteiger partial charge on any atom is 0.310 e. The number of carbonyl (C=O) groups is 2. The van der Waals surface area contributed by atoms with E-state index in [1.165, 1.54) is 13.1 Å². The van der Waals surface area contributed by atoms with E-state index in [2.05, 4.69) is 5.16 Å². The van der Waals surface area contributed by atoms with Gasteiger partial charge in [0, 0.05) is 12.0 Å². The lowest BCUT2D eigenvalue weighted by atomic mass is 9.67. The Labute approximate surface area is 90.9 Å². The van der Waals surface area contributed by atoms with Crippen LogP contribution in [0.25, 0.3) is 0 Å². The minimum absolute atomic E-state index is 0.0641. The summed E-state index contributed by atoms with van der Waals surface area (Å²) in [5, 5.41) is 21.8. The molecule has 1 aliphatic carbocycles. The first-order valence-corrected chi connectivity index (χ1v) is 4.84. The molecule has 0 aliphatic heterocycles. The van der Waals surface area contributed by atoms with Gasteiger partial charge < -0.3 is 14.7 Å². The number of fused-ring (bicyclic) bond motifs is 1. The molecule has 6 heteroatoms. The largest absolute Gasteiger partial charge is 0.481 e. The number of carboxylic acids is 2. The van der Waals surface area contributed by atoms with Crippen molar-refractivity contribution in [2.75, 3.05) is 0 Å². The van der Waals surface area contributed by atoms with Crippen molar-refractivity contribution in [2.24, 2.45) is 11.3 Å². The lowest BCUT2D eigenvalue weighted by molar-refractivity contribution is -0.162. The van der Waals surface area contributed by atoms with Gasteiger partial charge in [-0.2, -0.15) is 0 Å². The first-order chi connectivity index (χ1) is 7.45. The van der Waals surface area contributed by atoms with Crippen LogP contribution in [0, 0.1) is 11.3 Å². The predicted octanol–water partition coefficient (Wildman–Crippen LogP) is 0.565. The summed E-state index contributed by atoms with van der Waals surface area (Å²) in [6.45, 7) is 1.43. The van der Waals surface area contributed by atoms with Crippen LogP contribution in [0.4, 0.5) is 0 Å². The molecule has 16 heavy (non-hydrogen) atoms. The second kappa shape index (κ2) is 3.33. The summed E-state index contributed by atoms with van der Waals surface area (Å²) in [5.74, 6) is -2.70. The Morgan fingerprint density at radius 1 is 1.56 bits per heavy atom. The second-order valence-corrected chi connectivity index (χ2v) is 4.27. The Kier molecular flexibility index (Phi) is 2.22. The SMILES string of the molecule is C[C@]1(C(=O)O)Cc2oncc2C[C@H]1C(=O)O. The van der Waals surface area contributed by atoms with Crippen LogP contribution in [0.2, 0.25) is 0 Å². The standard InChI is InChI=1S/C10H11NO5/c1-10(9(14)15)3-7-5(4-11-16-7)2-6(10)8(12)13/h4,6H,2-3H2,1H3,(H,12,13)(H,14,15)/t6-,10-/m0/s1. The average Bonchev–Trinajstić information content (AvgIpc) is 2.62. The van der Waals surface area contributed by atoms with Gasteiger partial charge in [-0.15, -0.1) is 0 Å². The number of nitrogens with zero attached hydrogens (tertiary/aromatic N) is 1. The molecule has 0 fully saturated rings. The van der Waals surface area contributed by atoms with Gasteiger partial charge in [-0.3, -0.25) is 9.59 Å². The van der Waals surface area contributed by atoms with Crippen LogP contribution < -0.4 is 0 Å². The number of hydrogen-bond acceptors (Lipinski definition) is 4. The number of rotatable bonds is 2. The zero-order valence-corrected chi connectivity index (χ0v) is 8.64. The second-order valence-electron chi connectivity index (χ2n) is 4.27. The molecule has 0 spiro atoms. The van der Waals surface area contributed by atoms with Crippen molar-refractivity contribution in [1.29, 1.82) is 0 Å². The fourth-order valence-electron chi connectivity index (χ4n) is 2.08. The van der Waals surface area contributed by atoms with Gasteiger partial charge in [-0.25, -0.2) is 0 Å². The van der Waals surface area contributed by atoms with Crippen LogP contribution in [-0.4, -0.2) is 27.3 Å². The summed E-state index contributed by atoms with van der Waals surface area (Å²) in [4.78, 5) is 22.3. The monoisotopic (exact) mass is 225 g/mol. The van der Waals surface area contributed by atoms with Gasteiger partial charge in [0.05, 0.1) is 17.5 Å². The van der Waals surface area contributed by atoms with Crippen LogP contribution >= 0.6 is 0 Å². The molecule has 0 saturated carbocycles. The molecule has 2 rings (SSSR count). The summed E-state index contributed by atoms with van der Waals surface area (Å²) >= 11 is 0. The van der Waals surface area contributed by atoms with Crippen molar-refractivity contribution in [1.82, 2.24) is 5.16 Å². The van der Waals surface area contributed by atoms with E-state index >= 15 is 0 Å². The molecule has 0 radical (unpaired) electrons. The molecule has 0 aromatic carbocycles. The van der Waals surface area contributed by atoms with Crippen LogP contribution in [-0.2, 0) is 22.4 Å². The van der Waals surface area contributed by atoms with Gasteiger partial charge in [0.15, 0.2) is 0 Å². The molecule has 1 aromatic rings. The Morgan fingerprint density at radius 3 is 2.81 bits per heavy atom. The third-order valence-electron chi connectivity index (χ3n) is 3.24. The van der Waals surface area contributed by atoms with Crippen LogP contribution in [0.1, 0.15) is 18.2 Å². The average molecular weight is 225 g/mol. The quantitative estimate of drug-likeness (QED) is 0.762. The zero-order valence-electron chi connectivity index (χ0n) is 8.64. The number of aliphatic carboxylic acids is 2. The lowest BCUT2D eigenvalue weighted by Gasteiger charge is -2.33. The predicted molar refractivity (Wildman–Crippen MR) is 50.8 cm³/mol. The first-order valence-electron chi connectivity index (χ1n) is 4.84. The van der Waals surface area contributed by atoms with Crippen LogP contribution in [0.15, 0.2) is 10.7 Å². The van der Waals surface area contributed by atoms with E-state index in [9.17, 15) is 9.59 Å². The van der Waals surface area contributed by atoms with Gasteiger partial charge in [0.1, 0.15) is 5.76 Å². The maximum atomic E-state index is 11.2. The third kappa shape index (κ3) is 1.37. The molecular formula is C10H11NO5. The number of hydrogen-bond donors (Lipinski definition) is 2. The van der Waals surface area contributed by atoms with Crippen molar-refractivity contribution >= 4 is 11.9 Å². The number of aromatic nitrogens is 1. The summed E-state index contributed by atoms with van der Waals surface area (Å²) in [7, 11) is 0. The van der Waals surface area contributed by atoms with Crippen molar-refractivity contribution in [3.8, 4) is 0 Å². The normalized spacial score (nSPS) is 28.4. The summed E-state index contributed by atoms with van der Waals surface area (Å²) in [6.07, 6.45) is 1.66. The Bertz CT molecular complexity index is 452. The molecule has 1 aromatic heterocycles. The molecule has 6 nitrogen and oxygen atoms in total. The van der Waals surface area contributed by atoms with Crippen LogP contribution in [0.5, 0.6) is 0 Å². The van der Waals surface area contributed by atoms with Crippen molar-refractivity contribution in [3.05, 3.63) is 17.5 Å². The summed E-state index contributed by atoms with van der Waals surface area (Å²) in [6, 6.07) is 0. The molecule has 0 saturated heterocycles. The van der Waals surface area contributed by atoms with Gasteiger partial charge >= 0.3 is 11.9 Å².